The highest BCUT2D eigenvalue weighted by molar-refractivity contribution is 4.92. The van der Waals surface area contributed by atoms with Crippen molar-refractivity contribution in [2.45, 2.75) is 38.7 Å². The summed E-state index contributed by atoms with van der Waals surface area (Å²) in [6.45, 7) is 3.40. The predicted molar refractivity (Wildman–Crippen MR) is 58.9 cm³/mol. The van der Waals surface area contributed by atoms with Crippen LogP contribution in [0.3, 0.4) is 0 Å². The Labute approximate surface area is 95.3 Å². The highest BCUT2D eigenvalue weighted by Crippen LogP contribution is 2.32. The first-order valence-electron chi connectivity index (χ1n) is 5.95. The lowest BCUT2D eigenvalue weighted by Gasteiger charge is -2.33. The van der Waals surface area contributed by atoms with E-state index in [-0.39, 0.29) is 0 Å². The summed E-state index contributed by atoms with van der Waals surface area (Å²) < 4.78 is 10.7. The van der Waals surface area contributed by atoms with Gasteiger partial charge in [0, 0.05) is 19.4 Å². The van der Waals surface area contributed by atoms with E-state index < -0.39 is 0 Å². The SMILES string of the molecule is CCOC1CC(Cc2nc(CCN)no2)C1. The van der Waals surface area contributed by atoms with Crippen molar-refractivity contribution in [3.63, 3.8) is 0 Å². The Morgan fingerprint density at radius 3 is 3.00 bits per heavy atom. The minimum absolute atomic E-state index is 0.446. The topological polar surface area (TPSA) is 74.2 Å². The minimum Gasteiger partial charge on any atom is -0.378 e. The van der Waals surface area contributed by atoms with Gasteiger partial charge < -0.3 is 15.0 Å². The zero-order chi connectivity index (χ0) is 11.4. The van der Waals surface area contributed by atoms with Gasteiger partial charge in [0.15, 0.2) is 5.82 Å². The number of rotatable bonds is 6. The lowest BCUT2D eigenvalue weighted by atomic mass is 9.80. The van der Waals surface area contributed by atoms with Crippen LogP contribution in [0.1, 0.15) is 31.5 Å². The van der Waals surface area contributed by atoms with E-state index in [1.165, 1.54) is 0 Å². The molecule has 0 aliphatic heterocycles. The molecule has 0 aromatic carbocycles. The summed E-state index contributed by atoms with van der Waals surface area (Å²) >= 11 is 0. The highest BCUT2D eigenvalue weighted by Gasteiger charge is 2.30. The average molecular weight is 225 g/mol. The van der Waals surface area contributed by atoms with Crippen molar-refractivity contribution >= 4 is 0 Å². The first kappa shape index (κ1) is 11.5. The van der Waals surface area contributed by atoms with Crippen molar-refractivity contribution in [1.29, 1.82) is 0 Å². The first-order valence-corrected chi connectivity index (χ1v) is 5.95. The van der Waals surface area contributed by atoms with Crippen LogP contribution >= 0.6 is 0 Å². The zero-order valence-corrected chi connectivity index (χ0v) is 9.69. The predicted octanol–water partition coefficient (Wildman–Crippen LogP) is 0.928. The fraction of sp³-hybridized carbons (Fsp3) is 0.818. The molecule has 0 spiro atoms. The van der Waals surface area contributed by atoms with Gasteiger partial charge >= 0.3 is 0 Å². The van der Waals surface area contributed by atoms with Gasteiger partial charge in [-0.25, -0.2) is 0 Å². The van der Waals surface area contributed by atoms with E-state index in [1.807, 2.05) is 6.92 Å². The number of nitrogens with two attached hydrogens (primary N) is 1. The summed E-state index contributed by atoms with van der Waals surface area (Å²) in [7, 11) is 0. The van der Waals surface area contributed by atoms with Gasteiger partial charge in [-0.15, -0.1) is 0 Å². The summed E-state index contributed by atoms with van der Waals surface area (Å²) in [5, 5.41) is 3.88. The molecule has 0 radical (unpaired) electrons. The molecule has 90 valence electrons. The van der Waals surface area contributed by atoms with Gasteiger partial charge in [0.1, 0.15) is 0 Å². The Bertz CT molecular complexity index is 321. The van der Waals surface area contributed by atoms with Crippen molar-refractivity contribution in [2.75, 3.05) is 13.2 Å². The second-order valence-electron chi connectivity index (χ2n) is 4.26. The standard InChI is InChI=1S/C11H19N3O2/c1-2-15-9-5-8(6-9)7-11-13-10(3-4-12)14-16-11/h8-9H,2-7,12H2,1H3. The van der Waals surface area contributed by atoms with E-state index in [2.05, 4.69) is 10.1 Å². The van der Waals surface area contributed by atoms with E-state index in [1.54, 1.807) is 0 Å². The average Bonchev–Trinajstić information content (AvgIpc) is 2.63. The molecule has 1 aliphatic carbocycles. The molecule has 1 aliphatic rings. The molecule has 5 heteroatoms. The molecule has 16 heavy (non-hydrogen) atoms. The largest absolute Gasteiger partial charge is 0.378 e. The lowest BCUT2D eigenvalue weighted by molar-refractivity contribution is -0.0258. The van der Waals surface area contributed by atoms with Gasteiger partial charge in [-0.2, -0.15) is 4.98 Å². The number of hydrogen-bond acceptors (Lipinski definition) is 5. The summed E-state index contributed by atoms with van der Waals surface area (Å²) in [5.74, 6) is 2.10. The molecule has 1 fully saturated rings. The Kier molecular flexibility index (Phi) is 3.90. The van der Waals surface area contributed by atoms with Crippen LogP contribution in [0.2, 0.25) is 0 Å². The van der Waals surface area contributed by atoms with Gasteiger partial charge in [-0.3, -0.25) is 0 Å². The Hall–Kier alpha value is -0.940. The molecule has 1 aromatic heterocycles. The molecular weight excluding hydrogens is 206 g/mol. The van der Waals surface area contributed by atoms with Crippen molar-refractivity contribution < 1.29 is 9.26 Å². The third-order valence-corrected chi connectivity index (χ3v) is 2.94. The first-order chi connectivity index (χ1) is 7.81. The molecule has 0 saturated heterocycles. The van der Waals surface area contributed by atoms with Crippen LogP contribution in [-0.4, -0.2) is 29.4 Å². The molecule has 0 bridgehead atoms. The fourth-order valence-corrected chi connectivity index (χ4v) is 2.06. The molecular formula is C11H19N3O2. The number of ether oxygens (including phenoxy) is 1. The van der Waals surface area contributed by atoms with Crippen molar-refractivity contribution in [3.05, 3.63) is 11.7 Å². The van der Waals surface area contributed by atoms with Crippen LogP contribution < -0.4 is 5.73 Å². The maximum absolute atomic E-state index is 5.51. The van der Waals surface area contributed by atoms with Crippen LogP contribution in [0.25, 0.3) is 0 Å². The normalized spacial score (nSPS) is 24.4. The van der Waals surface area contributed by atoms with Crippen molar-refractivity contribution in [3.8, 4) is 0 Å². The molecule has 1 heterocycles. The van der Waals surface area contributed by atoms with Gasteiger partial charge in [-0.05, 0) is 32.2 Å². The fourth-order valence-electron chi connectivity index (χ4n) is 2.06. The van der Waals surface area contributed by atoms with E-state index >= 15 is 0 Å². The second-order valence-corrected chi connectivity index (χ2v) is 4.26. The molecule has 5 nitrogen and oxygen atoms in total. The van der Waals surface area contributed by atoms with Crippen LogP contribution in [0.4, 0.5) is 0 Å². The minimum atomic E-state index is 0.446. The summed E-state index contributed by atoms with van der Waals surface area (Å²) in [6.07, 6.45) is 4.24. The highest BCUT2D eigenvalue weighted by atomic mass is 16.5. The van der Waals surface area contributed by atoms with E-state index in [9.17, 15) is 0 Å². The molecule has 0 atom stereocenters. The van der Waals surface area contributed by atoms with Crippen LogP contribution in [0, 0.1) is 5.92 Å². The Morgan fingerprint density at radius 2 is 2.31 bits per heavy atom. The zero-order valence-electron chi connectivity index (χ0n) is 9.69. The van der Waals surface area contributed by atoms with Gasteiger partial charge in [0.25, 0.3) is 0 Å². The van der Waals surface area contributed by atoms with Crippen molar-refractivity contribution in [2.24, 2.45) is 11.7 Å². The van der Waals surface area contributed by atoms with Crippen molar-refractivity contribution in [1.82, 2.24) is 10.1 Å². The van der Waals surface area contributed by atoms with E-state index in [0.717, 1.165) is 37.6 Å². The number of aromatic nitrogens is 2. The lowest BCUT2D eigenvalue weighted by Crippen LogP contribution is -2.32. The molecule has 0 amide bonds. The molecule has 2 rings (SSSR count). The molecule has 1 aromatic rings. The summed E-state index contributed by atoms with van der Waals surface area (Å²) in [4.78, 5) is 4.29. The quantitative estimate of drug-likeness (QED) is 0.779. The molecule has 2 N–H and O–H groups in total. The third-order valence-electron chi connectivity index (χ3n) is 2.94. The van der Waals surface area contributed by atoms with Crippen LogP contribution in [0.5, 0.6) is 0 Å². The van der Waals surface area contributed by atoms with Crippen LogP contribution in [-0.2, 0) is 17.6 Å². The van der Waals surface area contributed by atoms with Gasteiger partial charge in [-0.1, -0.05) is 5.16 Å². The third kappa shape index (κ3) is 2.80. The number of hydrogen-bond donors (Lipinski definition) is 1. The molecule has 1 saturated carbocycles. The number of nitrogens with zero attached hydrogens (tertiary/aromatic N) is 2. The van der Waals surface area contributed by atoms with Crippen LogP contribution in [0.15, 0.2) is 4.52 Å². The summed E-state index contributed by atoms with van der Waals surface area (Å²) in [6, 6.07) is 0. The Balaban J connectivity index is 1.73. The second kappa shape index (κ2) is 5.41. The Morgan fingerprint density at radius 1 is 1.50 bits per heavy atom. The van der Waals surface area contributed by atoms with Gasteiger partial charge in [0.2, 0.25) is 5.89 Å². The monoisotopic (exact) mass is 225 g/mol. The van der Waals surface area contributed by atoms with E-state index in [4.69, 9.17) is 15.0 Å². The summed E-state index contributed by atoms with van der Waals surface area (Å²) in [5.41, 5.74) is 5.42. The smallest absolute Gasteiger partial charge is 0.226 e. The maximum atomic E-state index is 5.51. The van der Waals surface area contributed by atoms with Gasteiger partial charge in [0.05, 0.1) is 6.10 Å². The van der Waals surface area contributed by atoms with E-state index in [0.29, 0.717) is 25.0 Å². The maximum Gasteiger partial charge on any atom is 0.226 e. The molecule has 0 unspecified atom stereocenters.